The van der Waals surface area contributed by atoms with E-state index in [1.54, 1.807) is 25.3 Å². The van der Waals surface area contributed by atoms with Crippen LogP contribution < -0.4 is 9.47 Å². The number of esters is 1. The Hall–Kier alpha value is -2.28. The van der Waals surface area contributed by atoms with Crippen LogP contribution in [0, 0.1) is 0 Å². The molecule has 3 rings (SSSR count). The van der Waals surface area contributed by atoms with Gasteiger partial charge in [-0.05, 0) is 44.7 Å². The van der Waals surface area contributed by atoms with Crippen LogP contribution in [0.4, 0.5) is 0 Å². The second-order valence-electron chi connectivity index (χ2n) is 7.61. The maximum absolute atomic E-state index is 12.8. The fourth-order valence-corrected chi connectivity index (χ4v) is 4.67. The van der Waals surface area contributed by atoms with Crippen molar-refractivity contribution < 1.29 is 28.9 Å². The Labute approximate surface area is 165 Å². The van der Waals surface area contributed by atoms with E-state index in [-0.39, 0.29) is 24.6 Å². The van der Waals surface area contributed by atoms with Gasteiger partial charge in [-0.2, -0.15) is 0 Å². The molecule has 4 atom stereocenters. The van der Waals surface area contributed by atoms with Crippen LogP contribution in [0.3, 0.4) is 0 Å². The second-order valence-corrected chi connectivity index (χ2v) is 7.61. The Morgan fingerprint density at radius 2 is 1.93 bits per heavy atom. The number of methoxy groups -OCH3 is 2. The summed E-state index contributed by atoms with van der Waals surface area (Å²) in [4.78, 5) is 26.4. The molecule has 0 saturated carbocycles. The van der Waals surface area contributed by atoms with Gasteiger partial charge in [-0.25, -0.2) is 4.79 Å². The van der Waals surface area contributed by atoms with Crippen molar-refractivity contribution in [3.8, 4) is 11.5 Å². The van der Waals surface area contributed by atoms with Gasteiger partial charge in [0.05, 0.1) is 20.6 Å². The number of rotatable bonds is 6. The lowest BCUT2D eigenvalue weighted by Gasteiger charge is -2.50. The number of aliphatic carboxylic acids is 1. The van der Waals surface area contributed by atoms with Gasteiger partial charge in [0.1, 0.15) is 23.2 Å². The lowest BCUT2D eigenvalue weighted by atomic mass is 9.83. The van der Waals surface area contributed by atoms with Gasteiger partial charge in [0.2, 0.25) is 0 Å². The van der Waals surface area contributed by atoms with Crippen LogP contribution in [-0.4, -0.2) is 60.4 Å². The van der Waals surface area contributed by atoms with Crippen molar-refractivity contribution in [2.24, 2.45) is 0 Å². The zero-order valence-corrected chi connectivity index (χ0v) is 16.7. The van der Waals surface area contributed by atoms with Crippen LogP contribution in [-0.2, 0) is 9.53 Å². The topological polar surface area (TPSA) is 85.3 Å². The van der Waals surface area contributed by atoms with E-state index in [1.165, 1.54) is 7.11 Å². The van der Waals surface area contributed by atoms with Crippen molar-refractivity contribution in [3.63, 3.8) is 0 Å². The van der Waals surface area contributed by atoms with Gasteiger partial charge in [0.15, 0.2) is 0 Å². The van der Waals surface area contributed by atoms with Crippen LogP contribution in [0.5, 0.6) is 11.5 Å². The summed E-state index contributed by atoms with van der Waals surface area (Å²) >= 11 is 0. The largest absolute Gasteiger partial charge is 0.497 e. The number of nitrogens with zero attached hydrogens (tertiary/aromatic N) is 1. The number of carboxylic acids is 1. The molecule has 2 aliphatic rings. The molecule has 0 radical (unpaired) electrons. The van der Waals surface area contributed by atoms with E-state index in [4.69, 9.17) is 14.2 Å². The van der Waals surface area contributed by atoms with Crippen LogP contribution in [0.15, 0.2) is 18.2 Å². The predicted molar refractivity (Wildman–Crippen MR) is 103 cm³/mol. The quantitative estimate of drug-likeness (QED) is 0.746. The maximum atomic E-state index is 12.8. The summed E-state index contributed by atoms with van der Waals surface area (Å²) < 4.78 is 16.3. The molecule has 2 heterocycles. The number of ether oxygens (including phenoxy) is 3. The summed E-state index contributed by atoms with van der Waals surface area (Å²) in [5.74, 6) is -0.193. The minimum Gasteiger partial charge on any atom is -0.497 e. The molecule has 0 unspecified atom stereocenters. The third-order valence-corrected chi connectivity index (χ3v) is 6.01. The van der Waals surface area contributed by atoms with Gasteiger partial charge in [0, 0.05) is 24.2 Å². The predicted octanol–water partition coefficient (Wildman–Crippen LogP) is 3.11. The molecule has 2 aliphatic heterocycles. The fraction of sp³-hybridized carbons (Fsp3) is 0.619. The van der Waals surface area contributed by atoms with Gasteiger partial charge in [-0.15, -0.1) is 0 Å². The molecule has 1 N–H and O–H groups in total. The number of benzene rings is 1. The second kappa shape index (κ2) is 8.82. The minimum atomic E-state index is -0.778. The standard InChI is InChI=1S/C21H29NO6/c1-13-18(10-7-14-5-4-6-15(22(13)14)11-20(23)24)28-21(25)17-9-8-16(26-2)12-19(17)27-3/h8-9,12-15,18H,4-7,10-11H2,1-3H3,(H,23,24)/t13-,14-,15+,18+/m0/s1. The van der Waals surface area contributed by atoms with Crippen LogP contribution >= 0.6 is 0 Å². The fourth-order valence-electron chi connectivity index (χ4n) is 4.67. The Morgan fingerprint density at radius 1 is 1.14 bits per heavy atom. The summed E-state index contributed by atoms with van der Waals surface area (Å²) in [6.07, 6.45) is 4.57. The zero-order chi connectivity index (χ0) is 20.3. The van der Waals surface area contributed by atoms with Crippen molar-refractivity contribution in [1.29, 1.82) is 0 Å². The molecule has 7 heteroatoms. The lowest BCUT2D eigenvalue weighted by Crippen LogP contribution is -2.59. The van der Waals surface area contributed by atoms with Crippen LogP contribution in [0.2, 0.25) is 0 Å². The van der Waals surface area contributed by atoms with E-state index < -0.39 is 11.9 Å². The molecule has 28 heavy (non-hydrogen) atoms. The molecule has 0 amide bonds. The summed E-state index contributed by atoms with van der Waals surface area (Å²) in [7, 11) is 3.06. The first kappa shape index (κ1) is 20.5. The van der Waals surface area contributed by atoms with E-state index in [9.17, 15) is 14.7 Å². The van der Waals surface area contributed by atoms with Crippen LogP contribution in [0.25, 0.3) is 0 Å². The van der Waals surface area contributed by atoms with E-state index >= 15 is 0 Å². The molecule has 0 aromatic heterocycles. The molecule has 1 aromatic rings. The number of hydrogen-bond donors (Lipinski definition) is 1. The Balaban J connectivity index is 1.74. The molecule has 1 aromatic carbocycles. The van der Waals surface area contributed by atoms with E-state index in [1.807, 2.05) is 6.92 Å². The summed E-state index contributed by atoms with van der Waals surface area (Å²) in [6, 6.07) is 5.36. The SMILES string of the molecule is COc1ccc(C(=O)O[C@@H]2CC[C@@H]3CCC[C@H](CC(=O)O)N3[C@H]2C)c(OC)c1. The number of carbonyl (C=O) groups is 2. The molecule has 2 fully saturated rings. The normalized spacial score (nSPS) is 27.5. The van der Waals surface area contributed by atoms with Gasteiger partial charge < -0.3 is 19.3 Å². The molecule has 7 nitrogen and oxygen atoms in total. The number of hydrogen-bond acceptors (Lipinski definition) is 6. The van der Waals surface area contributed by atoms with Gasteiger partial charge >= 0.3 is 11.9 Å². The van der Waals surface area contributed by atoms with Gasteiger partial charge in [-0.3, -0.25) is 9.69 Å². The van der Waals surface area contributed by atoms with Gasteiger partial charge in [0.25, 0.3) is 0 Å². The maximum Gasteiger partial charge on any atom is 0.342 e. The van der Waals surface area contributed by atoms with Crippen molar-refractivity contribution in [3.05, 3.63) is 23.8 Å². The van der Waals surface area contributed by atoms with E-state index in [0.29, 0.717) is 23.1 Å². The van der Waals surface area contributed by atoms with Gasteiger partial charge in [-0.1, -0.05) is 6.42 Å². The highest BCUT2D eigenvalue weighted by Crippen LogP contribution is 2.37. The highest BCUT2D eigenvalue weighted by molar-refractivity contribution is 5.93. The number of piperidine rings is 2. The van der Waals surface area contributed by atoms with Crippen molar-refractivity contribution in [2.45, 2.75) is 69.7 Å². The minimum absolute atomic E-state index is 0.00303. The molecular formula is C21H29NO6. The van der Waals surface area contributed by atoms with Crippen LogP contribution in [0.1, 0.15) is 55.8 Å². The van der Waals surface area contributed by atoms with E-state index in [2.05, 4.69) is 4.90 Å². The molecule has 0 bridgehead atoms. The average molecular weight is 391 g/mol. The highest BCUT2D eigenvalue weighted by Gasteiger charge is 2.42. The zero-order valence-electron chi connectivity index (χ0n) is 16.7. The summed E-state index contributed by atoms with van der Waals surface area (Å²) in [5.41, 5.74) is 0.360. The first-order valence-electron chi connectivity index (χ1n) is 9.86. The summed E-state index contributed by atoms with van der Waals surface area (Å²) in [6.45, 7) is 2.04. The Morgan fingerprint density at radius 3 is 2.61 bits per heavy atom. The highest BCUT2D eigenvalue weighted by atomic mass is 16.5. The number of fused-ring (bicyclic) bond motifs is 1. The third kappa shape index (κ3) is 4.24. The first-order chi connectivity index (χ1) is 13.4. The first-order valence-corrected chi connectivity index (χ1v) is 9.86. The molecular weight excluding hydrogens is 362 g/mol. The molecule has 154 valence electrons. The van der Waals surface area contributed by atoms with Crippen molar-refractivity contribution in [1.82, 2.24) is 4.90 Å². The van der Waals surface area contributed by atoms with E-state index in [0.717, 1.165) is 32.1 Å². The number of carboxylic acid groups (broad SMARTS) is 1. The van der Waals surface area contributed by atoms with Crippen molar-refractivity contribution >= 4 is 11.9 Å². The van der Waals surface area contributed by atoms with Crippen molar-refractivity contribution in [2.75, 3.05) is 14.2 Å². The monoisotopic (exact) mass is 391 g/mol. The molecule has 0 spiro atoms. The third-order valence-electron chi connectivity index (χ3n) is 6.01. The average Bonchev–Trinajstić information content (AvgIpc) is 2.69. The Bertz CT molecular complexity index is 721. The molecule has 0 aliphatic carbocycles. The Kier molecular flexibility index (Phi) is 6.44. The lowest BCUT2D eigenvalue weighted by molar-refractivity contribution is -0.141. The number of carbonyl (C=O) groups excluding carboxylic acids is 1. The molecule has 2 saturated heterocycles. The smallest absolute Gasteiger partial charge is 0.342 e. The summed E-state index contributed by atoms with van der Waals surface area (Å²) in [5, 5.41) is 9.27.